The van der Waals surface area contributed by atoms with Crippen LogP contribution in [0.5, 0.6) is 11.5 Å². The molecule has 0 heterocycles. The average Bonchev–Trinajstić information content (AvgIpc) is 3.12. The molecule has 1 saturated carbocycles. The number of hydrogen-bond donors (Lipinski definition) is 1. The zero-order valence-electron chi connectivity index (χ0n) is 9.69. The molecule has 1 atom stereocenters. The zero-order chi connectivity index (χ0) is 11.4. The second kappa shape index (κ2) is 5.21. The van der Waals surface area contributed by atoms with E-state index in [0.717, 1.165) is 11.5 Å². The van der Waals surface area contributed by atoms with Gasteiger partial charge >= 0.3 is 0 Å². The van der Waals surface area contributed by atoms with E-state index in [4.69, 9.17) is 15.2 Å². The maximum Gasteiger partial charge on any atom is 0.161 e. The molecule has 2 rings (SSSR count). The Bertz CT molecular complexity index is 336. The van der Waals surface area contributed by atoms with Gasteiger partial charge in [0.05, 0.1) is 6.61 Å². The van der Waals surface area contributed by atoms with Gasteiger partial charge in [0.2, 0.25) is 0 Å². The van der Waals surface area contributed by atoms with Crippen molar-refractivity contribution in [3.63, 3.8) is 0 Å². The number of para-hydroxylation sites is 2. The first-order valence-electron chi connectivity index (χ1n) is 5.91. The van der Waals surface area contributed by atoms with Crippen molar-refractivity contribution in [2.75, 3.05) is 13.2 Å². The van der Waals surface area contributed by atoms with Crippen LogP contribution in [0, 0.1) is 5.92 Å². The number of benzene rings is 1. The molecule has 0 radical (unpaired) electrons. The van der Waals surface area contributed by atoms with Crippen molar-refractivity contribution < 1.29 is 9.47 Å². The van der Waals surface area contributed by atoms with E-state index in [1.165, 1.54) is 12.8 Å². The Morgan fingerprint density at radius 1 is 1.25 bits per heavy atom. The van der Waals surface area contributed by atoms with Crippen LogP contribution in [0.25, 0.3) is 0 Å². The van der Waals surface area contributed by atoms with Crippen LogP contribution in [0.2, 0.25) is 0 Å². The fourth-order valence-electron chi connectivity index (χ4n) is 1.69. The molecular weight excluding hydrogens is 202 g/mol. The summed E-state index contributed by atoms with van der Waals surface area (Å²) < 4.78 is 11.2. The van der Waals surface area contributed by atoms with E-state index in [9.17, 15) is 0 Å². The molecule has 1 aromatic rings. The molecule has 0 aliphatic heterocycles. The van der Waals surface area contributed by atoms with Crippen LogP contribution in [-0.2, 0) is 0 Å². The third-order valence-corrected chi connectivity index (χ3v) is 2.81. The predicted octanol–water partition coefficient (Wildman–Crippen LogP) is 2.20. The molecule has 3 nitrogen and oxygen atoms in total. The Kier molecular flexibility index (Phi) is 3.67. The molecule has 88 valence electrons. The van der Waals surface area contributed by atoms with Gasteiger partial charge in [-0.3, -0.25) is 0 Å². The van der Waals surface area contributed by atoms with E-state index < -0.39 is 0 Å². The lowest BCUT2D eigenvalue weighted by atomic mass is 10.2. The van der Waals surface area contributed by atoms with Crippen LogP contribution in [0.3, 0.4) is 0 Å². The van der Waals surface area contributed by atoms with Crippen LogP contribution in [-0.4, -0.2) is 19.3 Å². The van der Waals surface area contributed by atoms with Gasteiger partial charge in [-0.1, -0.05) is 12.1 Å². The summed E-state index contributed by atoms with van der Waals surface area (Å²) in [5.41, 5.74) is 5.99. The Labute approximate surface area is 96.5 Å². The summed E-state index contributed by atoms with van der Waals surface area (Å²) in [5.74, 6) is 2.26. The van der Waals surface area contributed by atoms with Gasteiger partial charge in [-0.2, -0.15) is 0 Å². The standard InChI is InChI=1S/C13H19NO2/c1-2-15-12-5-3-4-6-13(12)16-9-11(14)10-7-8-10/h3-6,10-11H,2,7-9,14H2,1H3. The highest BCUT2D eigenvalue weighted by molar-refractivity contribution is 5.39. The quantitative estimate of drug-likeness (QED) is 0.801. The first-order chi connectivity index (χ1) is 7.81. The molecule has 3 heteroatoms. The van der Waals surface area contributed by atoms with Gasteiger partial charge in [-0.05, 0) is 37.8 Å². The van der Waals surface area contributed by atoms with Crippen LogP contribution in [0.1, 0.15) is 19.8 Å². The van der Waals surface area contributed by atoms with Gasteiger partial charge in [-0.15, -0.1) is 0 Å². The second-order valence-electron chi connectivity index (χ2n) is 4.19. The van der Waals surface area contributed by atoms with Crippen molar-refractivity contribution in [3.05, 3.63) is 24.3 Å². The third-order valence-electron chi connectivity index (χ3n) is 2.81. The average molecular weight is 221 g/mol. The molecule has 2 N–H and O–H groups in total. The van der Waals surface area contributed by atoms with Crippen LogP contribution in [0.4, 0.5) is 0 Å². The fourth-order valence-corrected chi connectivity index (χ4v) is 1.69. The monoisotopic (exact) mass is 221 g/mol. The largest absolute Gasteiger partial charge is 0.490 e. The fraction of sp³-hybridized carbons (Fsp3) is 0.538. The molecule has 1 fully saturated rings. The van der Waals surface area contributed by atoms with Gasteiger partial charge in [0, 0.05) is 6.04 Å². The topological polar surface area (TPSA) is 44.5 Å². The maximum atomic E-state index is 5.99. The summed E-state index contributed by atoms with van der Waals surface area (Å²) in [6, 6.07) is 7.89. The molecule has 0 amide bonds. The van der Waals surface area contributed by atoms with Crippen molar-refractivity contribution in [2.24, 2.45) is 11.7 Å². The van der Waals surface area contributed by atoms with Crippen LogP contribution < -0.4 is 15.2 Å². The summed E-state index contributed by atoms with van der Waals surface area (Å²) in [5, 5.41) is 0. The Morgan fingerprint density at radius 3 is 2.44 bits per heavy atom. The minimum absolute atomic E-state index is 0.162. The van der Waals surface area contributed by atoms with Gasteiger partial charge in [0.1, 0.15) is 6.61 Å². The minimum atomic E-state index is 0.162. The summed E-state index contributed by atoms with van der Waals surface area (Å²) in [6.07, 6.45) is 2.50. The lowest BCUT2D eigenvalue weighted by Crippen LogP contribution is -2.29. The lowest BCUT2D eigenvalue weighted by Gasteiger charge is -2.14. The summed E-state index contributed by atoms with van der Waals surface area (Å²) in [4.78, 5) is 0. The number of rotatable bonds is 6. The molecule has 1 aliphatic rings. The molecule has 1 aliphatic carbocycles. The summed E-state index contributed by atoms with van der Waals surface area (Å²) in [6.45, 7) is 3.19. The van der Waals surface area contributed by atoms with E-state index in [2.05, 4.69) is 0 Å². The van der Waals surface area contributed by atoms with Gasteiger partial charge in [-0.25, -0.2) is 0 Å². The molecule has 16 heavy (non-hydrogen) atoms. The van der Waals surface area contributed by atoms with E-state index in [0.29, 0.717) is 19.1 Å². The molecule has 1 unspecified atom stereocenters. The number of ether oxygens (including phenoxy) is 2. The van der Waals surface area contributed by atoms with Crippen molar-refractivity contribution in [1.29, 1.82) is 0 Å². The zero-order valence-corrected chi connectivity index (χ0v) is 9.69. The highest BCUT2D eigenvalue weighted by Gasteiger charge is 2.28. The molecule has 0 saturated heterocycles. The molecule has 0 aromatic heterocycles. The Hall–Kier alpha value is -1.22. The molecule has 0 spiro atoms. The third kappa shape index (κ3) is 2.89. The predicted molar refractivity (Wildman–Crippen MR) is 63.8 cm³/mol. The Balaban J connectivity index is 1.91. The van der Waals surface area contributed by atoms with Crippen molar-refractivity contribution in [2.45, 2.75) is 25.8 Å². The number of nitrogens with two attached hydrogens (primary N) is 1. The van der Waals surface area contributed by atoms with Crippen LogP contribution in [0.15, 0.2) is 24.3 Å². The smallest absolute Gasteiger partial charge is 0.161 e. The van der Waals surface area contributed by atoms with Crippen molar-refractivity contribution in [1.82, 2.24) is 0 Å². The molecule has 0 bridgehead atoms. The second-order valence-corrected chi connectivity index (χ2v) is 4.19. The van der Waals surface area contributed by atoms with E-state index in [-0.39, 0.29) is 6.04 Å². The van der Waals surface area contributed by atoms with Gasteiger partial charge in [0.15, 0.2) is 11.5 Å². The highest BCUT2D eigenvalue weighted by Crippen LogP contribution is 2.32. The summed E-state index contributed by atoms with van der Waals surface area (Å²) >= 11 is 0. The maximum absolute atomic E-state index is 5.99. The SMILES string of the molecule is CCOc1ccccc1OCC(N)C1CC1. The normalized spacial score (nSPS) is 16.9. The summed E-state index contributed by atoms with van der Waals surface area (Å²) in [7, 11) is 0. The lowest BCUT2D eigenvalue weighted by molar-refractivity contribution is 0.252. The van der Waals surface area contributed by atoms with Gasteiger partial charge in [0.25, 0.3) is 0 Å². The van der Waals surface area contributed by atoms with Crippen LogP contribution >= 0.6 is 0 Å². The Morgan fingerprint density at radius 2 is 1.88 bits per heavy atom. The first kappa shape index (κ1) is 11.3. The van der Waals surface area contributed by atoms with Crippen molar-refractivity contribution in [3.8, 4) is 11.5 Å². The molecule has 1 aromatic carbocycles. The highest BCUT2D eigenvalue weighted by atomic mass is 16.5. The number of hydrogen-bond acceptors (Lipinski definition) is 3. The van der Waals surface area contributed by atoms with Crippen molar-refractivity contribution >= 4 is 0 Å². The van der Waals surface area contributed by atoms with E-state index >= 15 is 0 Å². The van der Waals surface area contributed by atoms with E-state index in [1.807, 2.05) is 31.2 Å². The van der Waals surface area contributed by atoms with Gasteiger partial charge < -0.3 is 15.2 Å². The molecular formula is C13H19NO2. The first-order valence-corrected chi connectivity index (χ1v) is 5.91. The minimum Gasteiger partial charge on any atom is -0.490 e. The van der Waals surface area contributed by atoms with E-state index in [1.54, 1.807) is 0 Å².